The molecule has 4 rings (SSSR count). The van der Waals surface area contributed by atoms with Crippen LogP contribution in [0, 0.1) is 11.2 Å². The predicted octanol–water partition coefficient (Wildman–Crippen LogP) is 3.26. The first-order valence-electron chi connectivity index (χ1n) is 9.42. The fraction of sp³-hybridized carbons (Fsp3) is 0.381. The number of benzene rings is 1. The minimum atomic E-state index is -1.21. The van der Waals surface area contributed by atoms with Gasteiger partial charge >= 0.3 is 0 Å². The fourth-order valence-corrected chi connectivity index (χ4v) is 4.28. The molecule has 1 aliphatic carbocycles. The van der Waals surface area contributed by atoms with Gasteiger partial charge in [-0.15, -0.1) is 0 Å². The van der Waals surface area contributed by atoms with E-state index in [1.165, 1.54) is 18.3 Å². The van der Waals surface area contributed by atoms with Gasteiger partial charge in [0.25, 0.3) is 5.91 Å². The number of pyridine rings is 1. The Labute approximate surface area is 161 Å². The average Bonchev–Trinajstić information content (AvgIpc) is 3.01. The number of aromatic nitrogens is 1. The van der Waals surface area contributed by atoms with E-state index >= 15 is 0 Å². The molecular formula is C21H21F2N3O2. The van der Waals surface area contributed by atoms with E-state index in [1.54, 1.807) is 35.2 Å². The Morgan fingerprint density at radius 3 is 2.82 bits per heavy atom. The zero-order valence-electron chi connectivity index (χ0n) is 15.3. The van der Waals surface area contributed by atoms with Gasteiger partial charge in [0.1, 0.15) is 17.7 Å². The molecule has 3 unspecified atom stereocenters. The number of alkyl halides is 1. The van der Waals surface area contributed by atoms with Crippen LogP contribution in [0.4, 0.5) is 14.5 Å². The van der Waals surface area contributed by atoms with Crippen molar-refractivity contribution < 1.29 is 18.4 Å². The molecule has 5 nitrogen and oxygen atoms in total. The molecule has 146 valence electrons. The van der Waals surface area contributed by atoms with Gasteiger partial charge in [-0.3, -0.25) is 14.6 Å². The predicted molar refractivity (Wildman–Crippen MR) is 100 cm³/mol. The number of carbonyl (C=O) groups excluding carboxylic acids is 2. The number of hydrogen-bond donors (Lipinski definition) is 1. The van der Waals surface area contributed by atoms with Gasteiger partial charge < -0.3 is 10.2 Å². The summed E-state index contributed by atoms with van der Waals surface area (Å²) in [4.78, 5) is 31.1. The van der Waals surface area contributed by atoms with Gasteiger partial charge in [-0.25, -0.2) is 8.78 Å². The summed E-state index contributed by atoms with van der Waals surface area (Å²) in [5, 5.41) is 2.71. The van der Waals surface area contributed by atoms with Crippen molar-refractivity contribution in [3.05, 3.63) is 60.2 Å². The molecule has 2 aliphatic rings. The van der Waals surface area contributed by atoms with Crippen LogP contribution in [0.3, 0.4) is 0 Å². The molecule has 2 fully saturated rings. The van der Waals surface area contributed by atoms with Gasteiger partial charge in [0, 0.05) is 18.4 Å². The maximum Gasteiger partial charge on any atom is 0.270 e. The molecule has 1 N–H and O–H groups in total. The molecule has 1 saturated heterocycles. The topological polar surface area (TPSA) is 62.3 Å². The Kier molecular flexibility index (Phi) is 4.83. The first-order valence-corrected chi connectivity index (χ1v) is 9.42. The third-order valence-corrected chi connectivity index (χ3v) is 5.79. The van der Waals surface area contributed by atoms with Crippen molar-refractivity contribution in [2.75, 3.05) is 11.4 Å². The third-order valence-electron chi connectivity index (χ3n) is 5.79. The van der Waals surface area contributed by atoms with E-state index < -0.39 is 29.4 Å². The zero-order chi connectivity index (χ0) is 19.7. The molecule has 1 aromatic heterocycles. The van der Waals surface area contributed by atoms with Gasteiger partial charge in [-0.1, -0.05) is 12.1 Å². The number of amides is 2. The highest BCUT2D eigenvalue weighted by atomic mass is 19.1. The van der Waals surface area contributed by atoms with Crippen LogP contribution >= 0.6 is 0 Å². The highest BCUT2D eigenvalue weighted by Gasteiger charge is 2.52. The summed E-state index contributed by atoms with van der Waals surface area (Å²) < 4.78 is 28.1. The van der Waals surface area contributed by atoms with Gasteiger partial charge in [-0.05, 0) is 56.0 Å². The van der Waals surface area contributed by atoms with Crippen molar-refractivity contribution in [1.82, 2.24) is 10.3 Å². The summed E-state index contributed by atoms with van der Waals surface area (Å²) in [5.41, 5.74) is 0.00327. The Bertz CT molecular complexity index is 892. The van der Waals surface area contributed by atoms with Crippen LogP contribution in [0.5, 0.6) is 0 Å². The normalized spacial score (nSPS) is 27.2. The van der Waals surface area contributed by atoms with Gasteiger partial charge in [0.15, 0.2) is 0 Å². The maximum absolute atomic E-state index is 14.6. The Morgan fingerprint density at radius 2 is 2.07 bits per heavy atom. The highest BCUT2D eigenvalue weighted by molar-refractivity contribution is 6.00. The Morgan fingerprint density at radius 1 is 1.21 bits per heavy atom. The quantitative estimate of drug-likeness (QED) is 0.882. The lowest BCUT2D eigenvalue weighted by Crippen LogP contribution is -2.51. The molecule has 3 atom stereocenters. The largest absolute Gasteiger partial charge is 0.345 e. The molecular weight excluding hydrogens is 364 g/mol. The highest BCUT2D eigenvalue weighted by Crippen LogP contribution is 2.46. The van der Waals surface area contributed by atoms with Crippen molar-refractivity contribution in [3.8, 4) is 0 Å². The molecule has 0 bridgehead atoms. The van der Waals surface area contributed by atoms with Crippen LogP contribution in [-0.4, -0.2) is 35.6 Å². The van der Waals surface area contributed by atoms with Crippen LogP contribution < -0.4 is 10.2 Å². The molecule has 1 spiro atoms. The lowest BCUT2D eigenvalue weighted by Gasteiger charge is -2.38. The van der Waals surface area contributed by atoms with Crippen LogP contribution in [0.15, 0.2) is 48.7 Å². The van der Waals surface area contributed by atoms with Gasteiger partial charge in [0.2, 0.25) is 5.91 Å². The molecule has 1 aliphatic heterocycles. The van der Waals surface area contributed by atoms with E-state index in [-0.39, 0.29) is 24.4 Å². The standard InChI is InChI=1S/C21H21F2N3O2/c22-14-4-3-5-15(12-14)26-11-9-21(20(26)28)8-7-16(23)18(13-21)25-19(27)17-6-1-2-10-24-17/h1-6,10,12,16,18H,7-9,11,13H2,(H,25,27). The smallest absolute Gasteiger partial charge is 0.270 e. The summed E-state index contributed by atoms with van der Waals surface area (Å²) in [6.45, 7) is 0.458. The summed E-state index contributed by atoms with van der Waals surface area (Å²) in [6, 6.07) is 10.1. The number of nitrogens with one attached hydrogen (secondary N) is 1. The number of halogens is 2. The molecule has 2 amide bonds. The molecule has 2 heterocycles. The number of anilines is 1. The second kappa shape index (κ2) is 7.30. The van der Waals surface area contributed by atoms with E-state index in [0.29, 0.717) is 25.1 Å². The molecule has 28 heavy (non-hydrogen) atoms. The summed E-state index contributed by atoms with van der Waals surface area (Å²) >= 11 is 0. The maximum atomic E-state index is 14.6. The Balaban J connectivity index is 1.51. The molecule has 0 radical (unpaired) electrons. The van der Waals surface area contributed by atoms with E-state index in [1.807, 2.05) is 0 Å². The monoisotopic (exact) mass is 385 g/mol. The SMILES string of the molecule is O=C(NC1CC2(CCC1F)CCN(c1cccc(F)c1)C2=O)c1ccccn1. The van der Waals surface area contributed by atoms with Crippen LogP contribution in [0.2, 0.25) is 0 Å². The van der Waals surface area contributed by atoms with Gasteiger partial charge in [0.05, 0.1) is 11.5 Å². The molecule has 7 heteroatoms. The molecule has 2 aromatic rings. The zero-order valence-corrected chi connectivity index (χ0v) is 15.3. The number of rotatable bonds is 3. The third kappa shape index (κ3) is 3.37. The summed E-state index contributed by atoms with van der Waals surface area (Å²) in [7, 11) is 0. The van der Waals surface area contributed by atoms with Crippen molar-refractivity contribution in [2.24, 2.45) is 5.41 Å². The van der Waals surface area contributed by atoms with Crippen molar-refractivity contribution in [1.29, 1.82) is 0 Å². The first kappa shape index (κ1) is 18.5. The van der Waals surface area contributed by atoms with Crippen molar-refractivity contribution >= 4 is 17.5 Å². The van der Waals surface area contributed by atoms with E-state index in [4.69, 9.17) is 0 Å². The van der Waals surface area contributed by atoms with E-state index in [2.05, 4.69) is 10.3 Å². The van der Waals surface area contributed by atoms with Crippen LogP contribution in [-0.2, 0) is 4.79 Å². The Hall–Kier alpha value is -2.83. The van der Waals surface area contributed by atoms with Crippen LogP contribution in [0.1, 0.15) is 36.2 Å². The number of nitrogens with zero attached hydrogens (tertiary/aromatic N) is 2. The van der Waals surface area contributed by atoms with Crippen LogP contribution in [0.25, 0.3) is 0 Å². The lowest BCUT2D eigenvalue weighted by atomic mass is 9.70. The average molecular weight is 385 g/mol. The lowest BCUT2D eigenvalue weighted by molar-refractivity contribution is -0.128. The number of hydrogen-bond acceptors (Lipinski definition) is 3. The van der Waals surface area contributed by atoms with E-state index in [9.17, 15) is 18.4 Å². The molecule has 1 saturated carbocycles. The molecule has 1 aromatic carbocycles. The van der Waals surface area contributed by atoms with Crippen molar-refractivity contribution in [3.63, 3.8) is 0 Å². The first-order chi connectivity index (χ1) is 13.5. The minimum Gasteiger partial charge on any atom is -0.345 e. The summed E-state index contributed by atoms with van der Waals surface area (Å²) in [6.07, 6.45) is 1.71. The summed E-state index contributed by atoms with van der Waals surface area (Å²) in [5.74, 6) is -0.973. The van der Waals surface area contributed by atoms with Gasteiger partial charge in [-0.2, -0.15) is 0 Å². The van der Waals surface area contributed by atoms with Crippen molar-refractivity contribution in [2.45, 2.75) is 37.9 Å². The van der Waals surface area contributed by atoms with E-state index in [0.717, 1.165) is 0 Å². The fourth-order valence-electron chi connectivity index (χ4n) is 4.28. The minimum absolute atomic E-state index is 0.123. The second-order valence-electron chi connectivity index (χ2n) is 7.52. The number of carbonyl (C=O) groups is 2. The second-order valence-corrected chi connectivity index (χ2v) is 7.52.